The Morgan fingerprint density at radius 2 is 2.19 bits per heavy atom. The van der Waals surface area contributed by atoms with Crippen LogP contribution in [0.5, 0.6) is 0 Å². The molecule has 5 nitrogen and oxygen atoms in total. The van der Waals surface area contributed by atoms with Gasteiger partial charge in [-0.25, -0.2) is 4.79 Å². The van der Waals surface area contributed by atoms with Gasteiger partial charge in [-0.1, -0.05) is 18.9 Å². The van der Waals surface area contributed by atoms with Gasteiger partial charge >= 0.3 is 5.97 Å². The average molecular weight is 290 g/mol. The molecule has 2 rings (SSSR count). The molecule has 1 fully saturated rings. The highest BCUT2D eigenvalue weighted by molar-refractivity contribution is 5.97. The van der Waals surface area contributed by atoms with Gasteiger partial charge in [-0.2, -0.15) is 0 Å². The molecule has 1 unspecified atom stereocenters. The van der Waals surface area contributed by atoms with Crippen LogP contribution < -0.4 is 10.6 Å². The van der Waals surface area contributed by atoms with Crippen LogP contribution in [-0.2, 0) is 9.53 Å². The van der Waals surface area contributed by atoms with E-state index in [4.69, 9.17) is 4.74 Å². The van der Waals surface area contributed by atoms with Crippen molar-refractivity contribution in [2.24, 2.45) is 0 Å². The van der Waals surface area contributed by atoms with Crippen molar-refractivity contribution in [3.8, 4) is 0 Å². The first kappa shape index (κ1) is 15.5. The number of nitrogens with one attached hydrogen (secondary N) is 2. The van der Waals surface area contributed by atoms with Crippen molar-refractivity contribution in [3.05, 3.63) is 29.8 Å². The minimum absolute atomic E-state index is 0.0436. The van der Waals surface area contributed by atoms with Crippen molar-refractivity contribution in [1.29, 1.82) is 0 Å². The maximum absolute atomic E-state index is 12.2. The number of anilines is 1. The largest absolute Gasteiger partial charge is 0.462 e. The van der Waals surface area contributed by atoms with Gasteiger partial charge in [0.15, 0.2) is 0 Å². The molecule has 5 heteroatoms. The molecule has 1 aromatic carbocycles. The summed E-state index contributed by atoms with van der Waals surface area (Å²) in [5, 5.41) is 6.12. The van der Waals surface area contributed by atoms with Gasteiger partial charge in [0, 0.05) is 5.69 Å². The number of carbonyl (C=O) groups excluding carboxylic acids is 2. The molecule has 1 aromatic rings. The zero-order valence-electron chi connectivity index (χ0n) is 12.4. The second kappa shape index (κ2) is 7.78. The Hall–Kier alpha value is -1.88. The summed E-state index contributed by atoms with van der Waals surface area (Å²) in [5.74, 6) is -0.418. The first-order valence-electron chi connectivity index (χ1n) is 7.52. The van der Waals surface area contributed by atoms with Crippen molar-refractivity contribution >= 4 is 17.6 Å². The normalized spacial score (nSPS) is 18.6. The van der Waals surface area contributed by atoms with E-state index in [0.29, 0.717) is 17.9 Å². The summed E-state index contributed by atoms with van der Waals surface area (Å²) in [6.45, 7) is 2.98. The van der Waals surface area contributed by atoms with Gasteiger partial charge in [-0.05, 0) is 44.5 Å². The summed E-state index contributed by atoms with van der Waals surface area (Å²) < 4.78 is 4.96. The summed E-state index contributed by atoms with van der Waals surface area (Å²) in [6, 6.07) is 6.68. The van der Waals surface area contributed by atoms with E-state index in [-0.39, 0.29) is 17.9 Å². The Bertz CT molecular complexity index is 494. The lowest BCUT2D eigenvalue weighted by Crippen LogP contribution is -2.39. The van der Waals surface area contributed by atoms with Crippen molar-refractivity contribution < 1.29 is 14.3 Å². The Labute approximate surface area is 125 Å². The van der Waals surface area contributed by atoms with Gasteiger partial charge in [-0.3, -0.25) is 4.79 Å². The number of ether oxygens (including phenoxy) is 1. The maximum atomic E-state index is 12.2. The molecule has 1 atom stereocenters. The summed E-state index contributed by atoms with van der Waals surface area (Å²) >= 11 is 0. The number of amides is 1. The standard InChI is InChI=1S/C16H22N2O3/c1-2-21-16(20)12-7-6-8-13(11-12)18-15(19)14-9-4-3-5-10-17-14/h6-8,11,14,17H,2-5,9-10H2,1H3,(H,18,19). The highest BCUT2D eigenvalue weighted by Gasteiger charge is 2.19. The zero-order valence-corrected chi connectivity index (χ0v) is 12.4. The molecule has 0 radical (unpaired) electrons. The van der Waals surface area contributed by atoms with E-state index in [1.165, 1.54) is 0 Å². The topological polar surface area (TPSA) is 67.4 Å². The molecular formula is C16H22N2O3. The Morgan fingerprint density at radius 1 is 1.33 bits per heavy atom. The molecule has 0 aromatic heterocycles. The first-order valence-corrected chi connectivity index (χ1v) is 7.52. The van der Waals surface area contributed by atoms with Crippen LogP contribution in [0, 0.1) is 0 Å². The molecule has 0 aliphatic carbocycles. The van der Waals surface area contributed by atoms with Gasteiger partial charge in [0.25, 0.3) is 0 Å². The van der Waals surface area contributed by atoms with E-state index in [9.17, 15) is 9.59 Å². The smallest absolute Gasteiger partial charge is 0.338 e. The monoisotopic (exact) mass is 290 g/mol. The van der Waals surface area contributed by atoms with Gasteiger partial charge in [0.2, 0.25) is 5.91 Å². The van der Waals surface area contributed by atoms with E-state index in [2.05, 4.69) is 10.6 Å². The molecule has 2 N–H and O–H groups in total. The first-order chi connectivity index (χ1) is 10.2. The van der Waals surface area contributed by atoms with E-state index in [1.54, 1.807) is 31.2 Å². The minimum atomic E-state index is -0.374. The third-order valence-corrected chi connectivity index (χ3v) is 3.52. The molecule has 0 saturated carbocycles. The number of esters is 1. The van der Waals surface area contributed by atoms with Gasteiger partial charge in [0.05, 0.1) is 18.2 Å². The lowest BCUT2D eigenvalue weighted by molar-refractivity contribution is -0.118. The molecule has 1 aliphatic heterocycles. The Morgan fingerprint density at radius 3 is 3.00 bits per heavy atom. The average Bonchev–Trinajstić information content (AvgIpc) is 2.77. The number of hydrogen-bond acceptors (Lipinski definition) is 4. The molecular weight excluding hydrogens is 268 g/mol. The summed E-state index contributed by atoms with van der Waals surface area (Å²) in [5.41, 5.74) is 1.07. The van der Waals surface area contributed by atoms with Gasteiger partial charge in [-0.15, -0.1) is 0 Å². The fourth-order valence-electron chi connectivity index (χ4n) is 2.42. The summed E-state index contributed by atoms with van der Waals surface area (Å²) in [6.07, 6.45) is 4.19. The van der Waals surface area contributed by atoms with Crippen molar-refractivity contribution in [2.45, 2.75) is 38.6 Å². The quantitative estimate of drug-likeness (QED) is 0.835. The van der Waals surface area contributed by atoms with Crippen molar-refractivity contribution in [2.75, 3.05) is 18.5 Å². The highest BCUT2D eigenvalue weighted by atomic mass is 16.5. The van der Waals surface area contributed by atoms with Crippen LogP contribution in [0.25, 0.3) is 0 Å². The number of rotatable bonds is 4. The lowest BCUT2D eigenvalue weighted by atomic mass is 10.1. The number of benzene rings is 1. The molecule has 21 heavy (non-hydrogen) atoms. The van der Waals surface area contributed by atoms with Crippen LogP contribution in [0.15, 0.2) is 24.3 Å². The second-order valence-electron chi connectivity index (χ2n) is 5.15. The summed E-state index contributed by atoms with van der Waals surface area (Å²) in [4.78, 5) is 23.9. The van der Waals surface area contributed by atoms with Gasteiger partial charge < -0.3 is 15.4 Å². The van der Waals surface area contributed by atoms with Crippen LogP contribution in [-0.4, -0.2) is 31.1 Å². The van der Waals surface area contributed by atoms with Crippen LogP contribution >= 0.6 is 0 Å². The Balaban J connectivity index is 2.00. The minimum Gasteiger partial charge on any atom is -0.462 e. The molecule has 1 saturated heterocycles. The van der Waals surface area contributed by atoms with E-state index in [0.717, 1.165) is 32.2 Å². The van der Waals surface area contributed by atoms with Crippen LogP contribution in [0.3, 0.4) is 0 Å². The Kier molecular flexibility index (Phi) is 5.75. The molecule has 1 amide bonds. The molecule has 1 aliphatic rings. The third-order valence-electron chi connectivity index (χ3n) is 3.52. The number of hydrogen-bond donors (Lipinski definition) is 2. The fraction of sp³-hybridized carbons (Fsp3) is 0.500. The maximum Gasteiger partial charge on any atom is 0.338 e. The predicted molar refractivity (Wildman–Crippen MR) is 81.3 cm³/mol. The van der Waals surface area contributed by atoms with Crippen molar-refractivity contribution in [3.63, 3.8) is 0 Å². The van der Waals surface area contributed by atoms with Gasteiger partial charge in [0.1, 0.15) is 0 Å². The van der Waals surface area contributed by atoms with Crippen LogP contribution in [0.2, 0.25) is 0 Å². The zero-order chi connectivity index (χ0) is 15.1. The van der Waals surface area contributed by atoms with Crippen LogP contribution in [0.1, 0.15) is 43.0 Å². The molecule has 1 heterocycles. The SMILES string of the molecule is CCOC(=O)c1cccc(NC(=O)C2CCCCCN2)c1. The van der Waals surface area contributed by atoms with E-state index in [1.807, 2.05) is 0 Å². The van der Waals surface area contributed by atoms with E-state index < -0.39 is 0 Å². The lowest BCUT2D eigenvalue weighted by Gasteiger charge is -2.15. The van der Waals surface area contributed by atoms with Crippen molar-refractivity contribution in [1.82, 2.24) is 5.32 Å². The third kappa shape index (κ3) is 4.56. The van der Waals surface area contributed by atoms with Crippen LogP contribution in [0.4, 0.5) is 5.69 Å². The summed E-state index contributed by atoms with van der Waals surface area (Å²) in [7, 11) is 0. The molecule has 0 spiro atoms. The molecule has 114 valence electrons. The second-order valence-corrected chi connectivity index (χ2v) is 5.15. The number of carbonyl (C=O) groups is 2. The predicted octanol–water partition coefficient (Wildman–Crippen LogP) is 2.33. The van der Waals surface area contributed by atoms with E-state index >= 15 is 0 Å². The highest BCUT2D eigenvalue weighted by Crippen LogP contribution is 2.14. The molecule has 0 bridgehead atoms. The fourth-order valence-corrected chi connectivity index (χ4v) is 2.42.